The molecule has 0 radical (unpaired) electrons. The minimum atomic E-state index is 0.418. The molecule has 0 aromatic rings. The van der Waals surface area contributed by atoms with E-state index in [1.807, 2.05) is 0 Å². The largest absolute Gasteiger partial charge is 0.0996 e. The molecule has 0 amide bonds. The number of allylic oxidation sites excluding steroid dienone is 1. The van der Waals surface area contributed by atoms with E-state index in [4.69, 9.17) is 0 Å². The molecule has 0 rings (SSSR count). The topological polar surface area (TPSA) is 0 Å². The minimum Gasteiger partial charge on any atom is -0.0996 e. The maximum absolute atomic E-state index is 4.31. The molecule has 96 valence electrons. The molecular weight excluding hydrogens is 192 g/mol. The molecule has 0 aliphatic rings. The van der Waals surface area contributed by atoms with Crippen molar-refractivity contribution >= 4 is 0 Å². The van der Waals surface area contributed by atoms with Crippen molar-refractivity contribution in [1.82, 2.24) is 0 Å². The smallest absolute Gasteiger partial charge is 0.0229 e. The van der Waals surface area contributed by atoms with Gasteiger partial charge in [0.2, 0.25) is 0 Å². The first-order chi connectivity index (χ1) is 7.13. The second kappa shape index (κ2) is 5.89. The van der Waals surface area contributed by atoms with Crippen LogP contribution in [0, 0.1) is 16.7 Å². The fourth-order valence-corrected chi connectivity index (χ4v) is 2.03. The van der Waals surface area contributed by atoms with Crippen molar-refractivity contribution in [3.63, 3.8) is 0 Å². The quantitative estimate of drug-likeness (QED) is 0.477. The van der Waals surface area contributed by atoms with E-state index in [1.54, 1.807) is 0 Å². The number of hydrogen-bond donors (Lipinski definition) is 0. The SMILES string of the molecule is C=C(CC(C)(C)CC)C(C)CC(C)(C)CC. The van der Waals surface area contributed by atoms with Crippen molar-refractivity contribution in [3.05, 3.63) is 12.2 Å². The fraction of sp³-hybridized carbons (Fsp3) is 0.875. The Hall–Kier alpha value is -0.260. The average Bonchev–Trinajstić information content (AvgIpc) is 2.16. The summed E-state index contributed by atoms with van der Waals surface area (Å²) in [5.74, 6) is 0.653. The summed E-state index contributed by atoms with van der Waals surface area (Å²) in [6.45, 7) is 20.6. The molecule has 0 spiro atoms. The van der Waals surface area contributed by atoms with Crippen LogP contribution >= 0.6 is 0 Å². The van der Waals surface area contributed by atoms with E-state index in [0.29, 0.717) is 16.7 Å². The summed E-state index contributed by atoms with van der Waals surface area (Å²) in [5, 5.41) is 0. The summed E-state index contributed by atoms with van der Waals surface area (Å²) >= 11 is 0. The molecule has 0 N–H and O–H groups in total. The predicted molar refractivity (Wildman–Crippen MR) is 75.7 cm³/mol. The highest BCUT2D eigenvalue weighted by molar-refractivity contribution is 5.03. The normalized spacial score (nSPS) is 14.9. The Morgan fingerprint density at radius 3 is 1.81 bits per heavy atom. The van der Waals surface area contributed by atoms with Crippen molar-refractivity contribution in [2.24, 2.45) is 16.7 Å². The molecule has 0 aliphatic carbocycles. The van der Waals surface area contributed by atoms with Gasteiger partial charge in [-0.1, -0.05) is 73.5 Å². The lowest BCUT2D eigenvalue weighted by Gasteiger charge is -2.31. The maximum Gasteiger partial charge on any atom is -0.0229 e. The molecule has 0 saturated carbocycles. The zero-order chi connectivity index (χ0) is 13.0. The van der Waals surface area contributed by atoms with Gasteiger partial charge in [-0.3, -0.25) is 0 Å². The lowest BCUT2D eigenvalue weighted by molar-refractivity contribution is 0.267. The zero-order valence-electron chi connectivity index (χ0n) is 12.6. The molecule has 0 heteroatoms. The molecule has 0 saturated heterocycles. The van der Waals surface area contributed by atoms with E-state index in [1.165, 1.54) is 31.3 Å². The first-order valence-corrected chi connectivity index (χ1v) is 6.81. The van der Waals surface area contributed by atoms with Gasteiger partial charge in [-0.2, -0.15) is 0 Å². The van der Waals surface area contributed by atoms with Crippen LogP contribution in [0.3, 0.4) is 0 Å². The summed E-state index contributed by atoms with van der Waals surface area (Å²) in [6.07, 6.45) is 4.92. The highest BCUT2D eigenvalue weighted by Crippen LogP contribution is 2.36. The molecule has 16 heavy (non-hydrogen) atoms. The molecule has 1 unspecified atom stereocenters. The van der Waals surface area contributed by atoms with Crippen LogP contribution < -0.4 is 0 Å². The molecular formula is C16H32. The second-order valence-corrected chi connectivity index (χ2v) is 6.98. The Kier molecular flexibility index (Phi) is 5.79. The first kappa shape index (κ1) is 15.7. The van der Waals surface area contributed by atoms with Crippen LogP contribution in [-0.2, 0) is 0 Å². The summed E-state index contributed by atoms with van der Waals surface area (Å²) in [7, 11) is 0. The van der Waals surface area contributed by atoms with E-state index >= 15 is 0 Å². The third kappa shape index (κ3) is 5.72. The van der Waals surface area contributed by atoms with E-state index in [-0.39, 0.29) is 0 Å². The average molecular weight is 224 g/mol. The zero-order valence-corrected chi connectivity index (χ0v) is 12.6. The van der Waals surface area contributed by atoms with Gasteiger partial charge in [0.15, 0.2) is 0 Å². The van der Waals surface area contributed by atoms with Gasteiger partial charge in [0.25, 0.3) is 0 Å². The van der Waals surface area contributed by atoms with Crippen LogP contribution in [0.15, 0.2) is 12.2 Å². The molecule has 0 aliphatic heterocycles. The standard InChI is InChI=1S/C16H32/c1-9-15(5,6)11-13(3)14(4)12-16(7,8)10-2/h14H,3,9-12H2,1-2,4-8H3. The number of rotatable bonds is 7. The van der Waals surface area contributed by atoms with Crippen molar-refractivity contribution in [3.8, 4) is 0 Å². The Balaban J connectivity index is 4.30. The van der Waals surface area contributed by atoms with Crippen LogP contribution in [-0.4, -0.2) is 0 Å². The Labute approximate surface area is 104 Å². The molecule has 0 aromatic heterocycles. The molecule has 0 aromatic carbocycles. The van der Waals surface area contributed by atoms with Gasteiger partial charge in [0, 0.05) is 0 Å². The Morgan fingerprint density at radius 1 is 1.00 bits per heavy atom. The second-order valence-electron chi connectivity index (χ2n) is 6.98. The van der Waals surface area contributed by atoms with E-state index in [2.05, 4.69) is 55.0 Å². The van der Waals surface area contributed by atoms with Gasteiger partial charge in [-0.05, 0) is 29.6 Å². The summed E-state index contributed by atoms with van der Waals surface area (Å²) < 4.78 is 0. The highest BCUT2D eigenvalue weighted by Gasteiger charge is 2.23. The highest BCUT2D eigenvalue weighted by atomic mass is 14.3. The van der Waals surface area contributed by atoms with Crippen LogP contribution in [0.4, 0.5) is 0 Å². The number of hydrogen-bond acceptors (Lipinski definition) is 0. The minimum absolute atomic E-state index is 0.418. The lowest BCUT2D eigenvalue weighted by Crippen LogP contribution is -2.18. The first-order valence-electron chi connectivity index (χ1n) is 6.81. The van der Waals surface area contributed by atoms with Crippen LogP contribution in [0.2, 0.25) is 0 Å². The van der Waals surface area contributed by atoms with Gasteiger partial charge >= 0.3 is 0 Å². The third-order valence-electron chi connectivity index (χ3n) is 4.18. The summed E-state index contributed by atoms with van der Waals surface area (Å²) in [6, 6.07) is 0. The lowest BCUT2D eigenvalue weighted by atomic mass is 9.74. The monoisotopic (exact) mass is 224 g/mol. The van der Waals surface area contributed by atoms with Crippen molar-refractivity contribution < 1.29 is 0 Å². The molecule has 0 nitrogen and oxygen atoms in total. The fourth-order valence-electron chi connectivity index (χ4n) is 2.03. The van der Waals surface area contributed by atoms with Crippen LogP contribution in [0.1, 0.15) is 74.1 Å². The van der Waals surface area contributed by atoms with Crippen molar-refractivity contribution in [1.29, 1.82) is 0 Å². The van der Waals surface area contributed by atoms with Crippen molar-refractivity contribution in [2.45, 2.75) is 74.1 Å². The third-order valence-corrected chi connectivity index (χ3v) is 4.18. The Bertz CT molecular complexity index is 220. The van der Waals surface area contributed by atoms with E-state index in [0.717, 1.165) is 0 Å². The molecule has 0 heterocycles. The molecule has 1 atom stereocenters. The van der Waals surface area contributed by atoms with Gasteiger partial charge in [0.05, 0.1) is 0 Å². The van der Waals surface area contributed by atoms with Crippen LogP contribution in [0.25, 0.3) is 0 Å². The summed E-state index contributed by atoms with van der Waals surface area (Å²) in [4.78, 5) is 0. The maximum atomic E-state index is 4.31. The van der Waals surface area contributed by atoms with E-state index < -0.39 is 0 Å². The molecule has 0 fully saturated rings. The molecule has 0 bridgehead atoms. The van der Waals surface area contributed by atoms with Crippen LogP contribution in [0.5, 0.6) is 0 Å². The predicted octanol–water partition coefficient (Wildman–Crippen LogP) is 5.83. The van der Waals surface area contributed by atoms with Gasteiger partial charge in [-0.15, -0.1) is 0 Å². The van der Waals surface area contributed by atoms with Gasteiger partial charge < -0.3 is 0 Å². The Morgan fingerprint density at radius 2 is 1.44 bits per heavy atom. The van der Waals surface area contributed by atoms with E-state index in [9.17, 15) is 0 Å². The summed E-state index contributed by atoms with van der Waals surface area (Å²) in [5.41, 5.74) is 2.31. The van der Waals surface area contributed by atoms with Gasteiger partial charge in [0.1, 0.15) is 0 Å². The van der Waals surface area contributed by atoms with Crippen molar-refractivity contribution in [2.75, 3.05) is 0 Å². The van der Waals surface area contributed by atoms with Gasteiger partial charge in [-0.25, -0.2) is 0 Å².